The van der Waals surface area contributed by atoms with E-state index in [0.717, 1.165) is 54.8 Å². The number of aryl methyl sites for hydroxylation is 1. The van der Waals surface area contributed by atoms with Crippen molar-refractivity contribution in [1.82, 2.24) is 24.9 Å². The molecular weight excluding hydrogens is 745 g/mol. The van der Waals surface area contributed by atoms with E-state index in [1.807, 2.05) is 25.1 Å². The molecule has 15 heteroatoms. The lowest BCUT2D eigenvalue weighted by molar-refractivity contribution is -0.138. The summed E-state index contributed by atoms with van der Waals surface area (Å²) < 4.78 is 59.1. The molecule has 0 spiro atoms. The minimum absolute atomic E-state index is 0.0342. The number of anilines is 4. The molecule has 0 radical (unpaired) electrons. The predicted octanol–water partition coefficient (Wildman–Crippen LogP) is 8.20. The van der Waals surface area contributed by atoms with Crippen LogP contribution in [0.2, 0.25) is 0 Å². The van der Waals surface area contributed by atoms with Gasteiger partial charge in [0.1, 0.15) is 17.2 Å². The van der Waals surface area contributed by atoms with Crippen LogP contribution in [0, 0.1) is 18.7 Å². The first-order valence-corrected chi connectivity index (χ1v) is 20.6. The zero-order valence-electron chi connectivity index (χ0n) is 32.7. The smallest absolute Gasteiger partial charge is 0.364 e. The van der Waals surface area contributed by atoms with Crippen LogP contribution in [0.4, 0.5) is 40.7 Å². The second-order valence-corrected chi connectivity index (χ2v) is 16.7. The Kier molecular flexibility index (Phi) is 13.8. The second-order valence-electron chi connectivity index (χ2n) is 15.8. The number of halogens is 4. The first kappa shape index (κ1) is 41.7. The average molecular weight is 799 g/mol. The topological polar surface area (TPSA) is 106 Å². The van der Waals surface area contributed by atoms with Gasteiger partial charge in [0.15, 0.2) is 0 Å². The van der Waals surface area contributed by atoms with Crippen LogP contribution in [0.15, 0.2) is 47.5 Å². The summed E-state index contributed by atoms with van der Waals surface area (Å²) in [6.07, 6.45) is 5.36. The Hall–Kier alpha value is -3.95. The van der Waals surface area contributed by atoms with Crippen LogP contribution in [-0.2, 0) is 15.8 Å². The summed E-state index contributed by atoms with van der Waals surface area (Å²) in [4.78, 5) is 38.6. The van der Waals surface area contributed by atoms with Crippen molar-refractivity contribution in [3.05, 3.63) is 65.1 Å². The molecule has 3 atom stereocenters. The van der Waals surface area contributed by atoms with E-state index in [0.29, 0.717) is 49.1 Å². The van der Waals surface area contributed by atoms with Gasteiger partial charge in [0.2, 0.25) is 17.8 Å². The Balaban J connectivity index is 0.000000202. The zero-order valence-corrected chi connectivity index (χ0v) is 33.5. The summed E-state index contributed by atoms with van der Waals surface area (Å²) in [6, 6.07) is 11.8. The molecule has 3 aliphatic heterocycles. The van der Waals surface area contributed by atoms with Crippen LogP contribution >= 0.6 is 11.9 Å². The number of hydrogen-bond donors (Lipinski definition) is 3. The molecule has 1 saturated carbocycles. The molecule has 1 aromatic heterocycles. The largest absolute Gasteiger partial charge is 0.421 e. The third-order valence-electron chi connectivity index (χ3n) is 11.2. The van der Waals surface area contributed by atoms with Crippen molar-refractivity contribution in [3.8, 4) is 0 Å². The number of alkyl halides is 3. The van der Waals surface area contributed by atoms with Crippen molar-refractivity contribution in [2.45, 2.75) is 108 Å². The van der Waals surface area contributed by atoms with Gasteiger partial charge in [-0.2, -0.15) is 18.2 Å². The van der Waals surface area contributed by atoms with E-state index in [1.54, 1.807) is 22.9 Å². The monoisotopic (exact) mass is 798 g/mol. The summed E-state index contributed by atoms with van der Waals surface area (Å²) in [7, 11) is 2.07. The number of imide groups is 1. The molecule has 1 aliphatic carbocycles. The molecule has 4 fully saturated rings. The number of nitrogens with zero attached hydrogens (tertiary/aromatic N) is 5. The molecule has 4 aliphatic rings. The van der Waals surface area contributed by atoms with Gasteiger partial charge in [-0.05, 0) is 112 Å². The quantitative estimate of drug-likeness (QED) is 0.117. The second kappa shape index (κ2) is 18.5. The van der Waals surface area contributed by atoms with Crippen molar-refractivity contribution >= 4 is 46.9 Å². The molecule has 3 saturated heterocycles. The van der Waals surface area contributed by atoms with Gasteiger partial charge in [-0.25, -0.2) is 9.37 Å². The summed E-state index contributed by atoms with van der Waals surface area (Å²) in [5, 5.41) is 5.45. The van der Waals surface area contributed by atoms with Crippen molar-refractivity contribution in [2.75, 3.05) is 54.9 Å². The van der Waals surface area contributed by atoms with E-state index in [4.69, 9.17) is 0 Å². The van der Waals surface area contributed by atoms with Crippen LogP contribution in [0.1, 0.15) is 94.2 Å². The molecule has 2 amide bonds. The first-order valence-electron chi connectivity index (χ1n) is 19.8. The van der Waals surface area contributed by atoms with E-state index in [2.05, 4.69) is 62.1 Å². The van der Waals surface area contributed by atoms with Crippen molar-refractivity contribution in [1.29, 1.82) is 0 Å². The Bertz CT molecular complexity index is 1840. The van der Waals surface area contributed by atoms with Crippen LogP contribution in [0.5, 0.6) is 0 Å². The first-order chi connectivity index (χ1) is 26.7. The molecule has 56 heavy (non-hydrogen) atoms. The highest BCUT2D eigenvalue weighted by Gasteiger charge is 2.38. The Morgan fingerprint density at radius 2 is 1.71 bits per heavy atom. The third kappa shape index (κ3) is 10.7. The molecule has 3 N–H and O–H groups in total. The molecule has 4 heterocycles. The normalized spacial score (nSPS) is 22.7. The highest BCUT2D eigenvalue weighted by molar-refractivity contribution is 7.97. The molecule has 0 bridgehead atoms. The lowest BCUT2D eigenvalue weighted by Crippen LogP contribution is -2.50. The summed E-state index contributed by atoms with van der Waals surface area (Å²) in [5.74, 6) is -0.852. The van der Waals surface area contributed by atoms with E-state index in [-0.39, 0.29) is 35.4 Å². The number of amides is 2. The number of aromatic nitrogens is 2. The fraction of sp³-hybridized carbons (Fsp3) is 0.561. The van der Waals surface area contributed by atoms with Gasteiger partial charge in [0.05, 0.1) is 11.6 Å². The van der Waals surface area contributed by atoms with Gasteiger partial charge in [-0.1, -0.05) is 32.3 Å². The maximum absolute atomic E-state index is 14.6. The van der Waals surface area contributed by atoms with Crippen LogP contribution < -0.4 is 25.2 Å². The lowest BCUT2D eigenvalue weighted by atomic mass is 9.90. The fourth-order valence-electron chi connectivity index (χ4n) is 8.07. The van der Waals surface area contributed by atoms with Crippen LogP contribution in [0.25, 0.3) is 0 Å². The van der Waals surface area contributed by atoms with Gasteiger partial charge in [0, 0.05) is 68.0 Å². The van der Waals surface area contributed by atoms with Gasteiger partial charge in [-0.3, -0.25) is 19.6 Å². The van der Waals surface area contributed by atoms with E-state index in [9.17, 15) is 27.2 Å². The fourth-order valence-corrected chi connectivity index (χ4v) is 8.98. The number of rotatable bonds is 8. The highest BCUT2D eigenvalue weighted by atomic mass is 32.2. The van der Waals surface area contributed by atoms with Gasteiger partial charge in [-0.15, -0.1) is 0 Å². The number of hydrogen-bond acceptors (Lipinski definition) is 10. The molecule has 2 aromatic carbocycles. The Labute approximate surface area is 331 Å². The summed E-state index contributed by atoms with van der Waals surface area (Å²) in [6.45, 7) is 9.85. The number of nitrogens with one attached hydrogen (secondary N) is 3. The standard InChI is InChI=1S/C24H32F3N5S.C17H22FN3O2/c1-16-7-6-12-32(15-16)22-20(24(25,26)27)14-28-23(30-22)29-21-11-10-19(13-17(21)2)33-31-18-8-4-3-5-9-18;1-11-10-20(2)7-8-21(11)15-5-3-12(9-14(15)18)13-4-6-16(22)19-17(13)23/h10-11,13-14,16,18,31H,3-9,12,15H2,1-2H3,(H,28,29,30);3,5,9,11,13H,4,6-8,10H2,1-2H3,(H,19,22,23). The molecule has 10 nitrogen and oxygen atoms in total. The Morgan fingerprint density at radius 1 is 0.929 bits per heavy atom. The average Bonchev–Trinajstić information content (AvgIpc) is 3.15. The van der Waals surface area contributed by atoms with Gasteiger partial charge in [0.25, 0.3) is 0 Å². The maximum Gasteiger partial charge on any atom is 0.421 e. The van der Waals surface area contributed by atoms with E-state index in [1.165, 1.54) is 38.2 Å². The predicted molar refractivity (Wildman–Crippen MR) is 214 cm³/mol. The number of carbonyl (C=O) groups excluding carboxylic acids is 2. The molecular formula is C41H54F4N8O2S. The van der Waals surface area contributed by atoms with Crippen molar-refractivity contribution < 1.29 is 27.2 Å². The number of piperidine rings is 2. The molecule has 304 valence electrons. The summed E-state index contributed by atoms with van der Waals surface area (Å²) >= 11 is 1.64. The summed E-state index contributed by atoms with van der Waals surface area (Å²) in [5.41, 5.74) is 2.22. The van der Waals surface area contributed by atoms with Crippen molar-refractivity contribution in [3.63, 3.8) is 0 Å². The maximum atomic E-state index is 14.6. The van der Waals surface area contributed by atoms with Crippen molar-refractivity contribution in [2.24, 2.45) is 5.92 Å². The molecule has 3 aromatic rings. The number of benzene rings is 2. The minimum atomic E-state index is -4.49. The number of carbonyl (C=O) groups is 2. The molecule has 7 rings (SSSR count). The minimum Gasteiger partial charge on any atom is -0.364 e. The van der Waals surface area contributed by atoms with Gasteiger partial charge >= 0.3 is 6.18 Å². The Morgan fingerprint density at radius 3 is 2.39 bits per heavy atom. The highest BCUT2D eigenvalue weighted by Crippen LogP contribution is 2.38. The van der Waals surface area contributed by atoms with Crippen LogP contribution in [-0.4, -0.2) is 78.5 Å². The lowest BCUT2D eigenvalue weighted by Gasteiger charge is -2.40. The zero-order chi connectivity index (χ0) is 40.0. The van der Waals surface area contributed by atoms with Gasteiger partial charge < -0.3 is 20.0 Å². The van der Waals surface area contributed by atoms with E-state index < -0.39 is 17.7 Å². The third-order valence-corrected chi connectivity index (χ3v) is 12.1. The van der Waals surface area contributed by atoms with E-state index >= 15 is 0 Å². The number of piperazine rings is 1. The number of likely N-dealkylation sites (N-methyl/N-ethyl adjacent to an activating group) is 1. The molecule has 3 unspecified atom stereocenters. The van der Waals surface area contributed by atoms with Crippen LogP contribution in [0.3, 0.4) is 0 Å². The SMILES string of the molecule is CC1CN(C)CCN1c1ccc(C2CCC(=O)NC2=O)cc1F.Cc1cc(SNC2CCCCC2)ccc1Nc1ncc(C(F)(F)F)c(N2CCCC(C)C2)n1.